The zero-order chi connectivity index (χ0) is 20.5. The minimum absolute atomic E-state index is 0.156. The number of halogens is 1. The molecule has 28 heavy (non-hydrogen) atoms. The SMILES string of the molecule is COc1ccc(CCC(=O)OCC(=O)N[C@@H](C)c2ccccc2Cl)cc1OC. The van der Waals surface area contributed by atoms with Crippen LogP contribution in [0.5, 0.6) is 11.5 Å². The van der Waals surface area contributed by atoms with E-state index >= 15 is 0 Å². The molecule has 0 aliphatic heterocycles. The zero-order valence-corrected chi connectivity index (χ0v) is 16.9. The lowest BCUT2D eigenvalue weighted by atomic mass is 10.1. The van der Waals surface area contributed by atoms with Crippen molar-refractivity contribution in [3.63, 3.8) is 0 Å². The molecule has 1 N–H and O–H groups in total. The fraction of sp³-hybridized carbons (Fsp3) is 0.333. The van der Waals surface area contributed by atoms with Gasteiger partial charge in [0.05, 0.1) is 20.3 Å². The predicted molar refractivity (Wildman–Crippen MR) is 107 cm³/mol. The number of ether oxygens (including phenoxy) is 3. The maximum absolute atomic E-state index is 12.0. The maximum atomic E-state index is 12.0. The second-order valence-electron chi connectivity index (χ2n) is 6.16. The Hall–Kier alpha value is -2.73. The van der Waals surface area contributed by atoms with Crippen LogP contribution >= 0.6 is 11.6 Å². The Kier molecular flexibility index (Phi) is 8.14. The second kappa shape index (κ2) is 10.6. The number of esters is 1. The number of benzene rings is 2. The third kappa shape index (κ3) is 6.16. The van der Waals surface area contributed by atoms with Gasteiger partial charge in [0.25, 0.3) is 5.91 Å². The lowest BCUT2D eigenvalue weighted by Gasteiger charge is -2.15. The monoisotopic (exact) mass is 405 g/mol. The van der Waals surface area contributed by atoms with Gasteiger partial charge in [0, 0.05) is 11.4 Å². The Balaban J connectivity index is 1.77. The van der Waals surface area contributed by atoms with Crippen molar-refractivity contribution in [3.8, 4) is 11.5 Å². The van der Waals surface area contributed by atoms with E-state index in [1.807, 2.05) is 37.3 Å². The molecule has 0 radical (unpaired) electrons. The summed E-state index contributed by atoms with van der Waals surface area (Å²) in [4.78, 5) is 23.9. The van der Waals surface area contributed by atoms with Gasteiger partial charge < -0.3 is 19.5 Å². The van der Waals surface area contributed by atoms with E-state index < -0.39 is 5.97 Å². The molecule has 0 saturated heterocycles. The molecule has 0 spiro atoms. The number of hydrogen-bond donors (Lipinski definition) is 1. The molecule has 7 heteroatoms. The molecule has 150 valence electrons. The Morgan fingerprint density at radius 3 is 2.46 bits per heavy atom. The van der Waals surface area contributed by atoms with Gasteiger partial charge in [-0.25, -0.2) is 0 Å². The van der Waals surface area contributed by atoms with Gasteiger partial charge in [-0.15, -0.1) is 0 Å². The largest absolute Gasteiger partial charge is 0.493 e. The number of aryl methyl sites for hydroxylation is 1. The highest BCUT2D eigenvalue weighted by atomic mass is 35.5. The van der Waals surface area contributed by atoms with Crippen LogP contribution in [0.1, 0.15) is 30.5 Å². The first-order valence-electron chi connectivity index (χ1n) is 8.85. The third-order valence-electron chi connectivity index (χ3n) is 4.18. The molecule has 0 heterocycles. The highest BCUT2D eigenvalue weighted by Crippen LogP contribution is 2.28. The number of carbonyl (C=O) groups excluding carboxylic acids is 2. The van der Waals surface area contributed by atoms with Crippen molar-refractivity contribution in [2.45, 2.75) is 25.8 Å². The van der Waals surface area contributed by atoms with Gasteiger partial charge in [-0.2, -0.15) is 0 Å². The van der Waals surface area contributed by atoms with Gasteiger partial charge in [-0.05, 0) is 42.7 Å². The van der Waals surface area contributed by atoms with Gasteiger partial charge in [-0.3, -0.25) is 9.59 Å². The van der Waals surface area contributed by atoms with Crippen LogP contribution in [-0.4, -0.2) is 32.7 Å². The van der Waals surface area contributed by atoms with Crippen LogP contribution in [0.4, 0.5) is 0 Å². The molecule has 2 rings (SSSR count). The Morgan fingerprint density at radius 2 is 1.79 bits per heavy atom. The van der Waals surface area contributed by atoms with E-state index in [1.165, 1.54) is 0 Å². The van der Waals surface area contributed by atoms with Crippen LogP contribution < -0.4 is 14.8 Å². The number of carbonyl (C=O) groups is 2. The standard InChI is InChI=1S/C21H24ClNO5/c1-14(16-6-4-5-7-17(16)22)23-20(24)13-28-21(25)11-9-15-8-10-18(26-2)19(12-15)27-3/h4-8,10,12,14H,9,11,13H2,1-3H3,(H,23,24)/t14-/m0/s1. The normalized spacial score (nSPS) is 11.4. The van der Waals surface area contributed by atoms with Gasteiger partial charge >= 0.3 is 5.97 Å². The van der Waals surface area contributed by atoms with Gasteiger partial charge in [0.1, 0.15) is 0 Å². The molecular weight excluding hydrogens is 382 g/mol. The molecule has 0 unspecified atom stereocenters. The summed E-state index contributed by atoms with van der Waals surface area (Å²) in [6.07, 6.45) is 0.625. The smallest absolute Gasteiger partial charge is 0.306 e. The molecule has 0 aromatic heterocycles. The summed E-state index contributed by atoms with van der Waals surface area (Å²) in [5, 5.41) is 3.33. The van der Waals surface area contributed by atoms with Crippen molar-refractivity contribution < 1.29 is 23.8 Å². The quantitative estimate of drug-likeness (QED) is 0.644. The molecule has 1 amide bonds. The van der Waals surface area contributed by atoms with Gasteiger partial charge in [-0.1, -0.05) is 35.9 Å². The minimum atomic E-state index is -0.449. The number of rotatable bonds is 9. The first kappa shape index (κ1) is 21.6. The van der Waals surface area contributed by atoms with Crippen molar-refractivity contribution in [1.82, 2.24) is 5.32 Å². The van der Waals surface area contributed by atoms with Crippen LogP contribution in [0.2, 0.25) is 5.02 Å². The maximum Gasteiger partial charge on any atom is 0.306 e. The van der Waals surface area contributed by atoms with E-state index in [-0.39, 0.29) is 25.0 Å². The topological polar surface area (TPSA) is 73.9 Å². The zero-order valence-electron chi connectivity index (χ0n) is 16.2. The molecule has 0 aliphatic rings. The second-order valence-corrected chi connectivity index (χ2v) is 6.57. The summed E-state index contributed by atoms with van der Waals surface area (Å²) in [5.74, 6) is 0.390. The Labute approximate surface area is 169 Å². The number of nitrogens with one attached hydrogen (secondary N) is 1. The molecule has 2 aromatic carbocycles. The van der Waals surface area contributed by atoms with Gasteiger partial charge in [0.2, 0.25) is 0 Å². The van der Waals surface area contributed by atoms with Crippen molar-refractivity contribution in [2.75, 3.05) is 20.8 Å². The summed E-state index contributed by atoms with van der Waals surface area (Å²) >= 11 is 6.12. The van der Waals surface area contributed by atoms with E-state index in [9.17, 15) is 9.59 Å². The summed E-state index contributed by atoms with van der Waals surface area (Å²) in [7, 11) is 3.12. The molecule has 1 atom stereocenters. The lowest BCUT2D eigenvalue weighted by Crippen LogP contribution is -2.31. The van der Waals surface area contributed by atoms with Crippen molar-refractivity contribution in [2.24, 2.45) is 0 Å². The van der Waals surface area contributed by atoms with Crippen molar-refractivity contribution >= 4 is 23.5 Å². The molecule has 0 fully saturated rings. The minimum Gasteiger partial charge on any atom is -0.493 e. The van der Waals surface area contributed by atoms with Crippen LogP contribution in [0.25, 0.3) is 0 Å². The van der Waals surface area contributed by atoms with E-state index in [0.717, 1.165) is 11.1 Å². The van der Waals surface area contributed by atoms with E-state index in [2.05, 4.69) is 5.32 Å². The first-order valence-corrected chi connectivity index (χ1v) is 9.22. The van der Waals surface area contributed by atoms with E-state index in [0.29, 0.717) is 22.9 Å². The molecule has 0 bridgehead atoms. The predicted octanol–water partition coefficient (Wildman–Crippen LogP) is 3.71. The highest BCUT2D eigenvalue weighted by Gasteiger charge is 2.14. The molecule has 0 aliphatic carbocycles. The van der Waals surface area contributed by atoms with E-state index in [1.54, 1.807) is 26.4 Å². The fourth-order valence-electron chi connectivity index (χ4n) is 2.69. The molecular formula is C21H24ClNO5. The van der Waals surface area contributed by atoms with Crippen molar-refractivity contribution in [3.05, 3.63) is 58.6 Å². The third-order valence-corrected chi connectivity index (χ3v) is 4.52. The molecule has 0 saturated carbocycles. The summed E-state index contributed by atoms with van der Waals surface area (Å²) < 4.78 is 15.5. The molecule has 6 nitrogen and oxygen atoms in total. The summed E-state index contributed by atoms with van der Waals surface area (Å²) in [6.45, 7) is 1.48. The Morgan fingerprint density at radius 1 is 1.07 bits per heavy atom. The summed E-state index contributed by atoms with van der Waals surface area (Å²) in [5.41, 5.74) is 1.71. The average Bonchev–Trinajstić information content (AvgIpc) is 2.70. The fourth-order valence-corrected chi connectivity index (χ4v) is 2.99. The highest BCUT2D eigenvalue weighted by molar-refractivity contribution is 6.31. The van der Waals surface area contributed by atoms with Crippen LogP contribution in [0.15, 0.2) is 42.5 Å². The average molecular weight is 406 g/mol. The van der Waals surface area contributed by atoms with Crippen LogP contribution in [0.3, 0.4) is 0 Å². The van der Waals surface area contributed by atoms with Crippen LogP contribution in [0, 0.1) is 0 Å². The molecule has 2 aromatic rings. The number of hydrogen-bond acceptors (Lipinski definition) is 5. The van der Waals surface area contributed by atoms with E-state index in [4.69, 9.17) is 25.8 Å². The number of amides is 1. The summed E-state index contributed by atoms with van der Waals surface area (Å²) in [6, 6.07) is 12.4. The van der Waals surface area contributed by atoms with Gasteiger partial charge in [0.15, 0.2) is 18.1 Å². The van der Waals surface area contributed by atoms with Crippen LogP contribution in [-0.2, 0) is 20.7 Å². The Bertz CT molecular complexity index is 824. The lowest BCUT2D eigenvalue weighted by molar-refractivity contribution is -0.148. The first-order chi connectivity index (χ1) is 13.4. The number of methoxy groups -OCH3 is 2. The van der Waals surface area contributed by atoms with Crippen molar-refractivity contribution in [1.29, 1.82) is 0 Å².